The molecule has 0 aliphatic rings. The molecular weight excluding hydrogens is 236 g/mol. The Morgan fingerprint density at radius 1 is 1.69 bits per heavy atom. The number of rotatable bonds is 2. The third-order valence-corrected chi connectivity index (χ3v) is 1.83. The molecule has 1 N–H and O–H groups in total. The van der Waals surface area contributed by atoms with Crippen LogP contribution in [0.15, 0.2) is 16.7 Å². The molecule has 0 spiro atoms. The van der Waals surface area contributed by atoms with E-state index in [9.17, 15) is 4.79 Å². The highest BCUT2D eigenvalue weighted by Gasteiger charge is 2.07. The van der Waals surface area contributed by atoms with Crippen molar-refractivity contribution in [3.63, 3.8) is 0 Å². The zero-order valence-electron chi connectivity index (χ0n) is 6.49. The highest BCUT2D eigenvalue weighted by atomic mass is 79.9. The number of carbonyl (C=O) groups is 1. The number of hydrogen-bond acceptors (Lipinski definition) is 3. The van der Waals surface area contributed by atoms with Gasteiger partial charge in [0.1, 0.15) is 16.4 Å². The van der Waals surface area contributed by atoms with Crippen molar-refractivity contribution in [2.75, 3.05) is 0 Å². The normalized spacial score (nSPS) is 9.23. The maximum Gasteiger partial charge on any atom is 0.307 e. The number of hydrogen-bond donors (Lipinski definition) is 1. The first-order chi connectivity index (χ1) is 6.13. The summed E-state index contributed by atoms with van der Waals surface area (Å²) in [5.41, 5.74) is 0.579. The first-order valence-corrected chi connectivity index (χ1v) is 4.20. The molecule has 0 atom stereocenters. The number of carboxylic acid groups (broad SMARTS) is 1. The Balaban J connectivity index is 3.08. The third-order valence-electron chi connectivity index (χ3n) is 1.39. The summed E-state index contributed by atoms with van der Waals surface area (Å²) in [6, 6.07) is 5.02. The van der Waals surface area contributed by atoms with Gasteiger partial charge >= 0.3 is 5.97 Å². The SMILES string of the molecule is N#Cc1nc(Br)ccc1CC(=O)O. The summed E-state index contributed by atoms with van der Waals surface area (Å²) in [4.78, 5) is 14.2. The fourth-order valence-corrected chi connectivity index (χ4v) is 1.18. The first kappa shape index (κ1) is 9.68. The number of aromatic nitrogens is 1. The van der Waals surface area contributed by atoms with E-state index in [0.717, 1.165) is 0 Å². The fourth-order valence-electron chi connectivity index (χ4n) is 0.867. The number of carboxylic acids is 1. The van der Waals surface area contributed by atoms with Crippen LogP contribution in [0, 0.1) is 11.3 Å². The smallest absolute Gasteiger partial charge is 0.307 e. The summed E-state index contributed by atoms with van der Waals surface area (Å²) in [6.07, 6.45) is -0.177. The molecule has 5 heteroatoms. The number of aliphatic carboxylic acids is 1. The fraction of sp³-hybridized carbons (Fsp3) is 0.125. The van der Waals surface area contributed by atoms with Gasteiger partial charge in [-0.25, -0.2) is 4.98 Å². The molecular formula is C8H5BrN2O2. The van der Waals surface area contributed by atoms with E-state index in [1.807, 2.05) is 6.07 Å². The quantitative estimate of drug-likeness (QED) is 0.793. The van der Waals surface area contributed by atoms with Crippen LogP contribution in [0.25, 0.3) is 0 Å². The average Bonchev–Trinajstić information content (AvgIpc) is 2.07. The lowest BCUT2D eigenvalue weighted by atomic mass is 10.1. The number of halogens is 1. The van der Waals surface area contributed by atoms with Crippen LogP contribution in [0.4, 0.5) is 0 Å². The van der Waals surface area contributed by atoms with Crippen LogP contribution in [0.5, 0.6) is 0 Å². The maximum atomic E-state index is 10.4. The van der Waals surface area contributed by atoms with Crippen LogP contribution in [-0.4, -0.2) is 16.1 Å². The van der Waals surface area contributed by atoms with Crippen molar-refractivity contribution < 1.29 is 9.90 Å². The molecule has 0 aliphatic carbocycles. The Morgan fingerprint density at radius 3 is 2.92 bits per heavy atom. The second kappa shape index (κ2) is 4.01. The zero-order chi connectivity index (χ0) is 9.84. The summed E-state index contributed by atoms with van der Waals surface area (Å²) in [5, 5.41) is 17.1. The lowest BCUT2D eigenvalue weighted by Crippen LogP contribution is -2.03. The van der Waals surface area contributed by atoms with E-state index in [0.29, 0.717) is 10.2 Å². The third kappa shape index (κ3) is 2.53. The van der Waals surface area contributed by atoms with E-state index in [-0.39, 0.29) is 12.1 Å². The second-order valence-electron chi connectivity index (χ2n) is 2.32. The second-order valence-corrected chi connectivity index (χ2v) is 3.14. The number of nitriles is 1. The molecule has 0 fully saturated rings. The molecule has 0 saturated carbocycles. The van der Waals surface area contributed by atoms with Crippen molar-refractivity contribution in [3.8, 4) is 6.07 Å². The van der Waals surface area contributed by atoms with E-state index >= 15 is 0 Å². The van der Waals surface area contributed by atoms with Crippen molar-refractivity contribution in [1.82, 2.24) is 4.98 Å². The molecule has 0 aromatic carbocycles. The van der Waals surface area contributed by atoms with Crippen LogP contribution in [0.3, 0.4) is 0 Å². The van der Waals surface area contributed by atoms with Gasteiger partial charge in [0, 0.05) is 0 Å². The molecule has 13 heavy (non-hydrogen) atoms. The predicted molar refractivity (Wildman–Crippen MR) is 48.0 cm³/mol. The minimum atomic E-state index is -0.972. The molecule has 1 aromatic rings. The minimum Gasteiger partial charge on any atom is -0.481 e. The van der Waals surface area contributed by atoms with Crippen LogP contribution in [0.1, 0.15) is 11.3 Å². The Morgan fingerprint density at radius 2 is 2.38 bits per heavy atom. The summed E-state index contributed by atoms with van der Waals surface area (Å²) in [5.74, 6) is -0.972. The van der Waals surface area contributed by atoms with Gasteiger partial charge in [0.2, 0.25) is 0 Å². The maximum absolute atomic E-state index is 10.4. The minimum absolute atomic E-state index is 0.150. The van der Waals surface area contributed by atoms with Crippen molar-refractivity contribution in [1.29, 1.82) is 5.26 Å². The van der Waals surface area contributed by atoms with Gasteiger partial charge in [0.25, 0.3) is 0 Å². The molecule has 1 rings (SSSR count). The molecule has 0 bridgehead atoms. The van der Waals surface area contributed by atoms with Gasteiger partial charge in [-0.05, 0) is 27.6 Å². The standard InChI is InChI=1S/C8H5BrN2O2/c9-7-2-1-5(3-8(12)13)6(4-10)11-7/h1-2H,3H2,(H,12,13). The summed E-state index contributed by atoms with van der Waals surface area (Å²) < 4.78 is 0.526. The Hall–Kier alpha value is -1.41. The Bertz CT molecular complexity index is 384. The van der Waals surface area contributed by atoms with Gasteiger partial charge in [0.05, 0.1) is 6.42 Å². The number of nitrogens with zero attached hydrogens (tertiary/aromatic N) is 2. The van der Waals surface area contributed by atoms with E-state index in [1.165, 1.54) is 0 Å². The topological polar surface area (TPSA) is 74.0 Å². The van der Waals surface area contributed by atoms with E-state index < -0.39 is 5.97 Å². The van der Waals surface area contributed by atoms with Gasteiger partial charge < -0.3 is 5.11 Å². The molecule has 1 aromatic heterocycles. The molecule has 0 saturated heterocycles. The van der Waals surface area contributed by atoms with Gasteiger partial charge in [-0.15, -0.1) is 0 Å². The van der Waals surface area contributed by atoms with E-state index in [1.54, 1.807) is 12.1 Å². The molecule has 0 amide bonds. The van der Waals surface area contributed by atoms with Gasteiger partial charge in [-0.3, -0.25) is 4.79 Å². The van der Waals surface area contributed by atoms with Gasteiger partial charge in [0.15, 0.2) is 0 Å². The van der Waals surface area contributed by atoms with Crippen molar-refractivity contribution in [2.24, 2.45) is 0 Å². The molecule has 0 unspecified atom stereocenters. The monoisotopic (exact) mass is 240 g/mol. The number of pyridine rings is 1. The zero-order valence-corrected chi connectivity index (χ0v) is 8.08. The van der Waals surface area contributed by atoms with Crippen molar-refractivity contribution in [2.45, 2.75) is 6.42 Å². The highest BCUT2D eigenvalue weighted by Crippen LogP contribution is 2.11. The molecule has 66 valence electrons. The van der Waals surface area contributed by atoms with Gasteiger partial charge in [-0.2, -0.15) is 5.26 Å². The summed E-state index contributed by atoms with van der Waals surface area (Å²) in [7, 11) is 0. The lowest BCUT2D eigenvalue weighted by Gasteiger charge is -1.99. The van der Waals surface area contributed by atoms with Crippen LogP contribution < -0.4 is 0 Å². The van der Waals surface area contributed by atoms with Crippen LogP contribution >= 0.6 is 15.9 Å². The first-order valence-electron chi connectivity index (χ1n) is 3.41. The molecule has 4 nitrogen and oxygen atoms in total. The Labute approximate surface area is 83.0 Å². The van der Waals surface area contributed by atoms with E-state index in [2.05, 4.69) is 20.9 Å². The molecule has 0 radical (unpaired) electrons. The Kier molecular flexibility index (Phi) is 2.98. The molecule has 1 heterocycles. The van der Waals surface area contributed by atoms with Crippen molar-refractivity contribution in [3.05, 3.63) is 28.0 Å². The van der Waals surface area contributed by atoms with Crippen LogP contribution in [-0.2, 0) is 11.2 Å². The highest BCUT2D eigenvalue weighted by molar-refractivity contribution is 9.10. The summed E-state index contributed by atoms with van der Waals surface area (Å²) >= 11 is 3.09. The van der Waals surface area contributed by atoms with E-state index in [4.69, 9.17) is 10.4 Å². The average molecular weight is 241 g/mol. The van der Waals surface area contributed by atoms with Gasteiger partial charge in [-0.1, -0.05) is 6.07 Å². The van der Waals surface area contributed by atoms with Crippen molar-refractivity contribution >= 4 is 21.9 Å². The van der Waals surface area contributed by atoms with Crippen LogP contribution in [0.2, 0.25) is 0 Å². The lowest BCUT2D eigenvalue weighted by molar-refractivity contribution is -0.136. The molecule has 0 aliphatic heterocycles. The predicted octanol–water partition coefficient (Wildman–Crippen LogP) is 1.34. The summed E-state index contributed by atoms with van der Waals surface area (Å²) in [6.45, 7) is 0. The largest absolute Gasteiger partial charge is 0.481 e.